The van der Waals surface area contributed by atoms with Crippen LogP contribution in [-0.4, -0.2) is 81.5 Å². The number of carbonyl (C=O) groups excluding carboxylic acids is 1. The van der Waals surface area contributed by atoms with Crippen molar-refractivity contribution in [2.24, 2.45) is 12.5 Å². The third-order valence-electron chi connectivity index (χ3n) is 11.1. The average Bonchev–Trinajstić information content (AvgIpc) is 3.58. The van der Waals surface area contributed by atoms with Crippen LogP contribution in [0.5, 0.6) is 0 Å². The Bertz CT molecular complexity index is 2120. The smallest absolute Gasteiger partial charge is 0.274 e. The summed E-state index contributed by atoms with van der Waals surface area (Å²) in [6, 6.07) is 14.1. The average molecular weight is 689 g/mol. The number of aryl methyl sites for hydroxylation is 1. The van der Waals surface area contributed by atoms with Gasteiger partial charge in [-0.25, -0.2) is 4.98 Å². The van der Waals surface area contributed by atoms with Crippen molar-refractivity contribution in [3.05, 3.63) is 87.2 Å². The van der Waals surface area contributed by atoms with Crippen molar-refractivity contribution >= 4 is 28.8 Å². The van der Waals surface area contributed by atoms with Crippen LogP contribution in [0, 0.1) is 16.7 Å². The van der Waals surface area contributed by atoms with E-state index in [-0.39, 0.29) is 23.5 Å². The predicted octanol–water partition coefficient (Wildman–Crippen LogP) is 4.05. The van der Waals surface area contributed by atoms with E-state index in [1.165, 1.54) is 15.8 Å². The Hall–Kier alpha value is -4.96. The molecule has 0 radical (unpaired) electrons. The van der Waals surface area contributed by atoms with Crippen LogP contribution in [0.25, 0.3) is 11.1 Å². The number of benzene rings is 1. The largest absolute Gasteiger partial charge is 0.392 e. The second-order valence-electron chi connectivity index (χ2n) is 15.2. The number of nitrogens with one attached hydrogen (secondary N) is 1. The highest BCUT2D eigenvalue weighted by atomic mass is 16.5. The number of hydrogen-bond donors (Lipinski definition) is 2. The number of aliphatic hydroxyl groups is 1. The molecule has 2 N–H and O–H groups in total. The van der Waals surface area contributed by atoms with Gasteiger partial charge in [-0.2, -0.15) is 5.26 Å². The summed E-state index contributed by atoms with van der Waals surface area (Å²) in [6.07, 6.45) is 5.39. The molecule has 1 aliphatic carbocycles. The van der Waals surface area contributed by atoms with Gasteiger partial charge in [-0.1, -0.05) is 13.8 Å². The topological polar surface area (TPSA) is 132 Å². The van der Waals surface area contributed by atoms with E-state index in [9.17, 15) is 20.0 Å². The number of carbonyl (C=O) groups is 1. The van der Waals surface area contributed by atoms with Gasteiger partial charge < -0.3 is 34.1 Å². The quantitative estimate of drug-likeness (QED) is 0.295. The Morgan fingerprint density at radius 2 is 1.90 bits per heavy atom. The van der Waals surface area contributed by atoms with E-state index in [1.54, 1.807) is 36.3 Å². The predicted molar refractivity (Wildman–Crippen MR) is 196 cm³/mol. The number of hydrogen-bond acceptors (Lipinski definition) is 9. The molecule has 1 amide bonds. The molecule has 264 valence electrons. The summed E-state index contributed by atoms with van der Waals surface area (Å²) in [5.74, 6) is 0.378. The molecule has 2 saturated heterocycles. The molecule has 0 spiro atoms. The van der Waals surface area contributed by atoms with Crippen molar-refractivity contribution in [2.75, 3.05) is 54.5 Å². The first-order chi connectivity index (χ1) is 24.5. The van der Waals surface area contributed by atoms with E-state index >= 15 is 0 Å². The molecular weight excluding hydrogens is 644 g/mol. The fraction of sp³-hybridized carbons (Fsp3) is 0.436. The van der Waals surface area contributed by atoms with E-state index < -0.39 is 0 Å². The number of nitriles is 1. The fourth-order valence-electron chi connectivity index (χ4n) is 8.38. The Morgan fingerprint density at radius 3 is 2.59 bits per heavy atom. The highest BCUT2D eigenvalue weighted by molar-refractivity contribution is 6.07. The second kappa shape index (κ2) is 12.7. The lowest BCUT2D eigenvalue weighted by Gasteiger charge is -2.46. The Kier molecular flexibility index (Phi) is 8.25. The molecule has 1 atom stereocenters. The minimum Gasteiger partial charge on any atom is -0.392 e. The monoisotopic (exact) mass is 688 g/mol. The first-order valence-corrected chi connectivity index (χ1v) is 17.8. The summed E-state index contributed by atoms with van der Waals surface area (Å²) in [7, 11) is 1.67. The van der Waals surface area contributed by atoms with Crippen LogP contribution in [0.1, 0.15) is 53.6 Å². The number of amides is 1. The molecule has 0 bridgehead atoms. The summed E-state index contributed by atoms with van der Waals surface area (Å²) >= 11 is 0. The first-order valence-electron chi connectivity index (χ1n) is 17.8. The molecule has 2 fully saturated rings. The lowest BCUT2D eigenvalue weighted by Crippen LogP contribution is -2.59. The summed E-state index contributed by atoms with van der Waals surface area (Å²) < 4.78 is 9.01. The number of ether oxygens (including phenoxy) is 1. The van der Waals surface area contributed by atoms with Gasteiger partial charge in [-0.05, 0) is 72.7 Å². The number of pyridine rings is 2. The lowest BCUT2D eigenvalue weighted by atomic mass is 9.90. The van der Waals surface area contributed by atoms with E-state index in [1.807, 2.05) is 24.4 Å². The van der Waals surface area contributed by atoms with E-state index in [4.69, 9.17) is 4.74 Å². The van der Waals surface area contributed by atoms with E-state index in [0.29, 0.717) is 70.3 Å². The molecule has 1 aromatic carbocycles. The van der Waals surface area contributed by atoms with E-state index in [2.05, 4.69) is 51.5 Å². The molecule has 4 aromatic rings. The molecular formula is C39H44N8O4. The third kappa shape index (κ3) is 5.89. The Labute approximate surface area is 297 Å². The minimum atomic E-state index is -0.360. The summed E-state index contributed by atoms with van der Waals surface area (Å²) in [6.45, 7) is 11.9. The van der Waals surface area contributed by atoms with E-state index in [0.717, 1.165) is 51.4 Å². The van der Waals surface area contributed by atoms with Gasteiger partial charge in [0.05, 0.1) is 55.1 Å². The number of nitrogens with zero attached hydrogens (tertiary/aromatic N) is 7. The zero-order valence-corrected chi connectivity index (χ0v) is 29.6. The van der Waals surface area contributed by atoms with Gasteiger partial charge in [-0.15, -0.1) is 0 Å². The van der Waals surface area contributed by atoms with Gasteiger partial charge in [0, 0.05) is 68.8 Å². The second-order valence-corrected chi connectivity index (χ2v) is 15.2. The van der Waals surface area contributed by atoms with Gasteiger partial charge in [-0.3, -0.25) is 14.5 Å². The third-order valence-corrected chi connectivity index (χ3v) is 11.1. The first kappa shape index (κ1) is 33.2. The van der Waals surface area contributed by atoms with Crippen molar-refractivity contribution in [1.29, 1.82) is 5.26 Å². The van der Waals surface area contributed by atoms with Gasteiger partial charge in [0.15, 0.2) is 0 Å². The van der Waals surface area contributed by atoms with Crippen molar-refractivity contribution in [1.82, 2.24) is 19.0 Å². The van der Waals surface area contributed by atoms with Crippen LogP contribution in [0.2, 0.25) is 0 Å². The maximum absolute atomic E-state index is 14.0. The molecule has 12 nitrogen and oxygen atoms in total. The molecule has 0 saturated carbocycles. The fourth-order valence-corrected chi connectivity index (χ4v) is 8.38. The Morgan fingerprint density at radius 1 is 1.08 bits per heavy atom. The number of anilines is 4. The van der Waals surface area contributed by atoms with Crippen molar-refractivity contribution < 1.29 is 14.6 Å². The number of aliphatic hydroxyl groups excluding tert-OH is 1. The lowest BCUT2D eigenvalue weighted by molar-refractivity contribution is -0.0691. The number of fused-ring (bicyclic) bond motifs is 3. The van der Waals surface area contributed by atoms with Crippen LogP contribution in [0.15, 0.2) is 53.6 Å². The van der Waals surface area contributed by atoms with Crippen molar-refractivity contribution in [3.63, 3.8) is 0 Å². The molecule has 8 rings (SSSR count). The zero-order valence-electron chi connectivity index (χ0n) is 29.6. The zero-order chi connectivity index (χ0) is 35.6. The van der Waals surface area contributed by atoms with Crippen LogP contribution in [0.4, 0.5) is 22.9 Å². The number of aromatic nitrogens is 3. The molecule has 0 unspecified atom stereocenters. The number of piperazine rings is 1. The maximum atomic E-state index is 14.0. The highest BCUT2D eigenvalue weighted by Gasteiger charge is 2.37. The summed E-state index contributed by atoms with van der Waals surface area (Å²) in [4.78, 5) is 38.6. The molecule has 12 heteroatoms. The maximum Gasteiger partial charge on any atom is 0.274 e. The van der Waals surface area contributed by atoms with Crippen LogP contribution in [0.3, 0.4) is 0 Å². The standard InChI is InChI=1S/C39H44N8O4/c1-24-19-44(29-22-51-23-29)7-8-45(24)28-5-6-36(41-18-28)42-32-13-27(20-43(4)37(32)49)30-11-25(17-40)12-33(31(30)21-48)47-10-9-46-34(38(47)50)14-26-15-39(2,3)16-35(26)46/h5-6,11-14,18,20,24,29,48H,7-10,15-16,19,21-23H2,1-4H3,(H,41,42)/t24-/m0/s1. The van der Waals surface area contributed by atoms with Crippen molar-refractivity contribution in [2.45, 2.75) is 58.8 Å². The molecule has 4 aliphatic rings. The molecule has 3 aromatic heterocycles. The van der Waals surface area contributed by atoms with Gasteiger partial charge in [0.25, 0.3) is 11.5 Å². The highest BCUT2D eigenvalue weighted by Crippen LogP contribution is 2.41. The summed E-state index contributed by atoms with van der Waals surface area (Å²) in [5, 5.41) is 24.1. The Balaban J connectivity index is 1.07. The van der Waals surface area contributed by atoms with Crippen LogP contribution >= 0.6 is 0 Å². The van der Waals surface area contributed by atoms with Crippen molar-refractivity contribution in [3.8, 4) is 17.2 Å². The molecule has 3 aliphatic heterocycles. The van der Waals surface area contributed by atoms with Crippen LogP contribution < -0.4 is 20.7 Å². The van der Waals surface area contributed by atoms with Gasteiger partial charge >= 0.3 is 0 Å². The van der Waals surface area contributed by atoms with Crippen LogP contribution in [-0.2, 0) is 37.8 Å². The SMILES string of the molecule is C[C@H]1CN(C2COC2)CCN1c1ccc(Nc2cc(-c3cc(C#N)cc(N4CCn5c(cc6c5CC(C)(C)C6)C4=O)c3CO)cn(C)c2=O)nc1. The van der Waals surface area contributed by atoms with Gasteiger partial charge in [0.1, 0.15) is 17.2 Å². The minimum absolute atomic E-state index is 0.147. The molecule has 6 heterocycles. The van der Waals surface area contributed by atoms with Gasteiger partial charge in [0.2, 0.25) is 0 Å². The summed E-state index contributed by atoms with van der Waals surface area (Å²) in [5.41, 5.74) is 6.93. The normalized spacial score (nSPS) is 20.2. The molecule has 51 heavy (non-hydrogen) atoms. The number of rotatable bonds is 7.